The second-order valence-electron chi connectivity index (χ2n) is 6.61. The number of ether oxygens (including phenoxy) is 1. The van der Waals surface area contributed by atoms with E-state index in [1.807, 2.05) is 17.0 Å². The minimum atomic E-state index is 0.0820. The molecule has 0 radical (unpaired) electrons. The Balaban J connectivity index is 1.47. The van der Waals surface area contributed by atoms with Gasteiger partial charge in [-0.1, -0.05) is 23.7 Å². The Hall–Kier alpha value is -2.37. The number of ketones is 1. The van der Waals surface area contributed by atoms with Crippen LogP contribution in [0.4, 0.5) is 0 Å². The van der Waals surface area contributed by atoms with E-state index in [9.17, 15) is 9.59 Å². The molecule has 1 aliphatic rings. The van der Waals surface area contributed by atoms with Crippen LogP contribution >= 0.6 is 11.6 Å². The van der Waals surface area contributed by atoms with Gasteiger partial charge in [0.15, 0.2) is 5.78 Å². The Labute approximate surface area is 164 Å². The van der Waals surface area contributed by atoms with Crippen LogP contribution in [0.5, 0.6) is 5.75 Å². The summed E-state index contributed by atoms with van der Waals surface area (Å²) in [6.45, 7) is 3.05. The van der Waals surface area contributed by atoms with Crippen LogP contribution in [0, 0.1) is 0 Å². The first-order valence-corrected chi connectivity index (χ1v) is 9.35. The van der Waals surface area contributed by atoms with Gasteiger partial charge in [-0.2, -0.15) is 0 Å². The summed E-state index contributed by atoms with van der Waals surface area (Å²) in [6, 6.07) is 14.5. The smallest absolute Gasteiger partial charge is 0.227 e. The molecular formula is C21H23ClN2O3. The summed E-state index contributed by atoms with van der Waals surface area (Å²) in [7, 11) is 1.60. The lowest BCUT2D eigenvalue weighted by Gasteiger charge is -2.34. The van der Waals surface area contributed by atoms with Crippen LogP contribution in [0.2, 0.25) is 5.02 Å². The van der Waals surface area contributed by atoms with E-state index in [4.69, 9.17) is 16.3 Å². The van der Waals surface area contributed by atoms with Crippen LogP contribution in [0.15, 0.2) is 48.5 Å². The van der Waals surface area contributed by atoms with Crippen molar-refractivity contribution in [2.75, 3.05) is 39.8 Å². The fraction of sp³-hybridized carbons (Fsp3) is 0.333. The van der Waals surface area contributed by atoms with Crippen LogP contribution in [0.3, 0.4) is 0 Å². The number of piperazine rings is 1. The van der Waals surface area contributed by atoms with E-state index in [0.29, 0.717) is 49.7 Å². The van der Waals surface area contributed by atoms with Crippen molar-refractivity contribution < 1.29 is 14.3 Å². The number of halogens is 1. The molecule has 1 saturated heterocycles. The number of hydrogen-bond acceptors (Lipinski definition) is 4. The first kappa shape index (κ1) is 19.4. The van der Waals surface area contributed by atoms with Gasteiger partial charge in [-0.3, -0.25) is 14.5 Å². The van der Waals surface area contributed by atoms with E-state index >= 15 is 0 Å². The Kier molecular flexibility index (Phi) is 6.48. The highest BCUT2D eigenvalue weighted by Crippen LogP contribution is 2.14. The molecule has 0 spiro atoms. The fourth-order valence-corrected chi connectivity index (χ4v) is 3.24. The lowest BCUT2D eigenvalue weighted by molar-refractivity contribution is -0.132. The number of carbonyl (C=O) groups excluding carboxylic acids is 2. The van der Waals surface area contributed by atoms with Gasteiger partial charge in [0.25, 0.3) is 0 Å². The van der Waals surface area contributed by atoms with Gasteiger partial charge in [-0.15, -0.1) is 0 Å². The van der Waals surface area contributed by atoms with Crippen LogP contribution in [0.1, 0.15) is 15.9 Å². The predicted octanol–water partition coefficient (Wildman–Crippen LogP) is 2.92. The molecule has 0 aromatic heterocycles. The van der Waals surface area contributed by atoms with Crippen molar-refractivity contribution in [1.82, 2.24) is 9.80 Å². The monoisotopic (exact) mass is 386 g/mol. The molecule has 0 aliphatic carbocycles. The van der Waals surface area contributed by atoms with E-state index in [0.717, 1.165) is 11.3 Å². The maximum absolute atomic E-state index is 12.5. The molecule has 1 heterocycles. The zero-order valence-electron chi connectivity index (χ0n) is 15.4. The number of Topliss-reactive ketones (excluding diaryl/α,β-unsaturated/α-hetero) is 1. The van der Waals surface area contributed by atoms with Crippen LogP contribution < -0.4 is 4.74 Å². The molecule has 2 aromatic carbocycles. The third-order valence-corrected chi connectivity index (χ3v) is 5.02. The standard InChI is InChI=1S/C21H23ClN2O3/c1-27-19-8-4-17(5-9-19)20(25)15-23-10-12-24(13-11-23)21(26)14-16-2-6-18(22)7-3-16/h2-9H,10-15H2,1H3. The second kappa shape index (κ2) is 9.02. The molecule has 27 heavy (non-hydrogen) atoms. The molecular weight excluding hydrogens is 364 g/mol. The molecule has 0 saturated carbocycles. The van der Waals surface area contributed by atoms with Gasteiger partial charge >= 0.3 is 0 Å². The summed E-state index contributed by atoms with van der Waals surface area (Å²) >= 11 is 5.88. The van der Waals surface area contributed by atoms with E-state index in [1.165, 1.54) is 0 Å². The van der Waals surface area contributed by atoms with E-state index < -0.39 is 0 Å². The largest absolute Gasteiger partial charge is 0.497 e. The number of rotatable bonds is 6. The molecule has 6 heteroatoms. The topological polar surface area (TPSA) is 49.9 Å². The van der Waals surface area contributed by atoms with Gasteiger partial charge in [0.2, 0.25) is 5.91 Å². The first-order chi connectivity index (χ1) is 13.0. The third kappa shape index (κ3) is 5.31. The van der Waals surface area contributed by atoms with Crippen LogP contribution in [-0.2, 0) is 11.2 Å². The van der Waals surface area contributed by atoms with E-state index in [1.54, 1.807) is 43.5 Å². The molecule has 0 atom stereocenters. The molecule has 0 bridgehead atoms. The van der Waals surface area contributed by atoms with Gasteiger partial charge in [-0.25, -0.2) is 0 Å². The zero-order valence-corrected chi connectivity index (χ0v) is 16.1. The second-order valence-corrected chi connectivity index (χ2v) is 7.05. The van der Waals surface area contributed by atoms with Gasteiger partial charge in [0.1, 0.15) is 5.75 Å². The number of methoxy groups -OCH3 is 1. The van der Waals surface area contributed by atoms with Crippen molar-refractivity contribution in [1.29, 1.82) is 0 Å². The predicted molar refractivity (Wildman–Crippen MR) is 106 cm³/mol. The third-order valence-electron chi connectivity index (χ3n) is 4.77. The number of nitrogens with zero attached hydrogens (tertiary/aromatic N) is 2. The van der Waals surface area contributed by atoms with Crippen molar-refractivity contribution in [2.24, 2.45) is 0 Å². The highest BCUT2D eigenvalue weighted by atomic mass is 35.5. The average Bonchev–Trinajstić information content (AvgIpc) is 2.70. The fourth-order valence-electron chi connectivity index (χ4n) is 3.12. The zero-order chi connectivity index (χ0) is 19.2. The minimum absolute atomic E-state index is 0.0820. The molecule has 5 nitrogen and oxygen atoms in total. The van der Waals surface area contributed by atoms with Crippen molar-refractivity contribution in [3.05, 3.63) is 64.7 Å². The summed E-state index contributed by atoms with van der Waals surface area (Å²) in [5, 5.41) is 0.668. The lowest BCUT2D eigenvalue weighted by atomic mass is 10.1. The summed E-state index contributed by atoms with van der Waals surface area (Å²) < 4.78 is 5.12. The molecule has 1 aliphatic heterocycles. The van der Waals surface area contributed by atoms with Crippen molar-refractivity contribution in [2.45, 2.75) is 6.42 Å². The molecule has 1 fully saturated rings. The van der Waals surface area contributed by atoms with Crippen molar-refractivity contribution >= 4 is 23.3 Å². The maximum Gasteiger partial charge on any atom is 0.227 e. The minimum Gasteiger partial charge on any atom is -0.497 e. The normalized spacial score (nSPS) is 14.8. The summed E-state index contributed by atoms with van der Waals surface area (Å²) in [5.41, 5.74) is 1.64. The highest BCUT2D eigenvalue weighted by molar-refractivity contribution is 6.30. The number of benzene rings is 2. The Morgan fingerprint density at radius 1 is 0.963 bits per heavy atom. The lowest BCUT2D eigenvalue weighted by Crippen LogP contribution is -2.50. The van der Waals surface area contributed by atoms with E-state index in [-0.39, 0.29) is 11.7 Å². The summed E-state index contributed by atoms with van der Waals surface area (Å²) in [4.78, 5) is 28.8. The van der Waals surface area contributed by atoms with E-state index in [2.05, 4.69) is 4.90 Å². The van der Waals surface area contributed by atoms with Crippen molar-refractivity contribution in [3.63, 3.8) is 0 Å². The Bertz CT molecular complexity index is 782. The highest BCUT2D eigenvalue weighted by Gasteiger charge is 2.22. The average molecular weight is 387 g/mol. The molecule has 142 valence electrons. The number of carbonyl (C=O) groups is 2. The maximum atomic E-state index is 12.5. The molecule has 3 rings (SSSR count). The van der Waals surface area contributed by atoms with Gasteiger partial charge in [-0.05, 0) is 42.0 Å². The first-order valence-electron chi connectivity index (χ1n) is 8.97. The van der Waals surface area contributed by atoms with Gasteiger partial charge < -0.3 is 9.64 Å². The summed E-state index contributed by atoms with van der Waals surface area (Å²) in [6.07, 6.45) is 0.377. The SMILES string of the molecule is COc1ccc(C(=O)CN2CCN(C(=O)Cc3ccc(Cl)cc3)CC2)cc1. The number of amides is 1. The quantitative estimate of drug-likeness (QED) is 0.716. The number of hydrogen-bond donors (Lipinski definition) is 0. The molecule has 2 aromatic rings. The van der Waals surface area contributed by atoms with Crippen molar-refractivity contribution in [3.8, 4) is 5.75 Å². The van der Waals surface area contributed by atoms with Gasteiger partial charge in [0.05, 0.1) is 20.1 Å². The molecule has 0 N–H and O–H groups in total. The Morgan fingerprint density at radius 2 is 1.59 bits per heavy atom. The molecule has 0 unspecified atom stereocenters. The van der Waals surface area contributed by atoms with Gasteiger partial charge in [0, 0.05) is 36.8 Å². The molecule has 1 amide bonds. The Morgan fingerprint density at radius 3 is 2.19 bits per heavy atom. The summed E-state index contributed by atoms with van der Waals surface area (Å²) in [5.74, 6) is 0.927. The van der Waals surface area contributed by atoms with Crippen LogP contribution in [0.25, 0.3) is 0 Å². The van der Waals surface area contributed by atoms with Crippen LogP contribution in [-0.4, -0.2) is 61.3 Å².